The van der Waals surface area contributed by atoms with Crippen LogP contribution in [0.2, 0.25) is 0 Å². The highest BCUT2D eigenvalue weighted by Crippen LogP contribution is 2.39. The molecule has 14 heavy (non-hydrogen) atoms. The zero-order valence-corrected chi connectivity index (χ0v) is 9.01. The second kappa shape index (κ2) is 3.64. The highest BCUT2D eigenvalue weighted by atomic mass is 15.2. The van der Waals surface area contributed by atoms with Gasteiger partial charge >= 0.3 is 0 Å². The number of nitrogens with zero attached hydrogens (tertiary/aromatic N) is 1. The Morgan fingerprint density at radius 1 is 1.57 bits per heavy atom. The predicted molar refractivity (Wildman–Crippen MR) is 58.1 cm³/mol. The minimum Gasteiger partial charge on any atom is -0.382 e. The molecule has 0 spiro atoms. The summed E-state index contributed by atoms with van der Waals surface area (Å²) < 4.78 is 0. The molecule has 1 aliphatic rings. The molecule has 1 unspecified atom stereocenters. The van der Waals surface area contributed by atoms with Crippen molar-refractivity contribution < 1.29 is 0 Å². The van der Waals surface area contributed by atoms with Crippen molar-refractivity contribution in [3.8, 4) is 0 Å². The summed E-state index contributed by atoms with van der Waals surface area (Å²) >= 11 is 0. The lowest BCUT2D eigenvalue weighted by molar-refractivity contribution is 0.268. The maximum atomic E-state index is 5.81. The highest BCUT2D eigenvalue weighted by Gasteiger charge is 2.28. The second-order valence-electron chi connectivity index (χ2n) is 4.33. The standard InChI is InChI=1S/C11H19N3/c1-3-9-10(13-14-11(9)12)7(2)8-5-4-6-8/h7-8H,3-6H2,1-2H3,(H3,12,13,14). The van der Waals surface area contributed by atoms with Crippen molar-refractivity contribution in [2.24, 2.45) is 5.92 Å². The fourth-order valence-electron chi connectivity index (χ4n) is 2.32. The van der Waals surface area contributed by atoms with E-state index in [4.69, 9.17) is 5.73 Å². The number of anilines is 1. The number of nitrogens with one attached hydrogen (secondary N) is 1. The molecule has 0 bridgehead atoms. The molecule has 1 fully saturated rings. The number of rotatable bonds is 3. The Kier molecular flexibility index (Phi) is 2.48. The van der Waals surface area contributed by atoms with E-state index in [2.05, 4.69) is 24.0 Å². The summed E-state index contributed by atoms with van der Waals surface area (Å²) in [6.07, 6.45) is 5.10. The molecule has 1 aromatic rings. The SMILES string of the molecule is CCc1c(N)n[nH]c1C(C)C1CCC1. The van der Waals surface area contributed by atoms with Crippen molar-refractivity contribution in [2.75, 3.05) is 5.73 Å². The summed E-state index contributed by atoms with van der Waals surface area (Å²) in [5.74, 6) is 2.14. The molecule has 78 valence electrons. The van der Waals surface area contributed by atoms with Crippen LogP contribution >= 0.6 is 0 Å². The minimum atomic E-state index is 0.600. The summed E-state index contributed by atoms with van der Waals surface area (Å²) in [5, 5.41) is 7.20. The normalized spacial score (nSPS) is 19.3. The first-order chi connectivity index (χ1) is 6.74. The number of hydrogen-bond donors (Lipinski definition) is 2. The van der Waals surface area contributed by atoms with Crippen LogP contribution in [0.25, 0.3) is 0 Å². The van der Waals surface area contributed by atoms with Gasteiger partial charge in [-0.3, -0.25) is 5.10 Å². The van der Waals surface area contributed by atoms with Gasteiger partial charge < -0.3 is 5.73 Å². The Bertz CT molecular complexity index is 312. The number of hydrogen-bond acceptors (Lipinski definition) is 2. The molecular formula is C11H19N3. The van der Waals surface area contributed by atoms with Crippen LogP contribution in [0.4, 0.5) is 5.82 Å². The van der Waals surface area contributed by atoms with E-state index < -0.39 is 0 Å². The maximum absolute atomic E-state index is 5.81. The molecule has 3 heteroatoms. The van der Waals surface area contributed by atoms with Crippen molar-refractivity contribution in [3.05, 3.63) is 11.3 Å². The van der Waals surface area contributed by atoms with Crippen LogP contribution in [-0.4, -0.2) is 10.2 Å². The molecular weight excluding hydrogens is 174 g/mol. The van der Waals surface area contributed by atoms with E-state index in [1.807, 2.05) is 0 Å². The van der Waals surface area contributed by atoms with Gasteiger partial charge in [-0.05, 0) is 25.2 Å². The number of aromatic nitrogens is 2. The summed E-state index contributed by atoms with van der Waals surface area (Å²) in [5.41, 5.74) is 8.31. The number of H-pyrrole nitrogens is 1. The first-order valence-corrected chi connectivity index (χ1v) is 5.56. The van der Waals surface area contributed by atoms with Gasteiger partial charge in [0.1, 0.15) is 5.82 Å². The average molecular weight is 193 g/mol. The van der Waals surface area contributed by atoms with E-state index in [0.29, 0.717) is 11.7 Å². The molecule has 1 aliphatic carbocycles. The van der Waals surface area contributed by atoms with Crippen LogP contribution in [0.15, 0.2) is 0 Å². The lowest BCUT2D eigenvalue weighted by atomic mass is 9.74. The monoisotopic (exact) mass is 193 g/mol. The third-order valence-corrected chi connectivity index (χ3v) is 3.60. The lowest BCUT2D eigenvalue weighted by Gasteiger charge is -2.31. The summed E-state index contributed by atoms with van der Waals surface area (Å²) in [6.45, 7) is 4.42. The molecule has 3 nitrogen and oxygen atoms in total. The third kappa shape index (κ3) is 1.41. The summed E-state index contributed by atoms with van der Waals surface area (Å²) in [6, 6.07) is 0. The summed E-state index contributed by atoms with van der Waals surface area (Å²) in [4.78, 5) is 0. The first kappa shape index (κ1) is 9.56. The number of nitrogen functional groups attached to an aromatic ring is 1. The molecule has 0 radical (unpaired) electrons. The first-order valence-electron chi connectivity index (χ1n) is 5.56. The van der Waals surface area contributed by atoms with Gasteiger partial charge in [0.2, 0.25) is 0 Å². The molecule has 0 aromatic carbocycles. The Morgan fingerprint density at radius 2 is 2.29 bits per heavy atom. The van der Waals surface area contributed by atoms with Gasteiger partial charge in [-0.25, -0.2) is 0 Å². The molecule has 0 amide bonds. The van der Waals surface area contributed by atoms with Crippen molar-refractivity contribution in [1.82, 2.24) is 10.2 Å². The lowest BCUT2D eigenvalue weighted by Crippen LogP contribution is -2.19. The molecule has 1 aromatic heterocycles. The molecule has 1 saturated carbocycles. The van der Waals surface area contributed by atoms with Crippen LogP contribution in [0.3, 0.4) is 0 Å². The van der Waals surface area contributed by atoms with Crippen LogP contribution in [0, 0.1) is 5.92 Å². The fourth-order valence-corrected chi connectivity index (χ4v) is 2.32. The van der Waals surface area contributed by atoms with Gasteiger partial charge in [0.05, 0.1) is 0 Å². The average Bonchev–Trinajstić information content (AvgIpc) is 2.43. The van der Waals surface area contributed by atoms with Crippen molar-refractivity contribution in [3.63, 3.8) is 0 Å². The smallest absolute Gasteiger partial charge is 0.148 e. The zero-order chi connectivity index (χ0) is 10.1. The highest BCUT2D eigenvalue weighted by molar-refractivity contribution is 5.43. The van der Waals surface area contributed by atoms with Crippen molar-refractivity contribution in [2.45, 2.75) is 45.4 Å². The molecule has 0 aliphatic heterocycles. The fraction of sp³-hybridized carbons (Fsp3) is 0.727. The quantitative estimate of drug-likeness (QED) is 0.774. The Hall–Kier alpha value is -0.990. The molecule has 1 heterocycles. The van der Waals surface area contributed by atoms with E-state index in [1.54, 1.807) is 0 Å². The predicted octanol–water partition coefficient (Wildman–Crippen LogP) is 2.46. The van der Waals surface area contributed by atoms with E-state index in [1.165, 1.54) is 30.5 Å². The minimum absolute atomic E-state index is 0.600. The zero-order valence-electron chi connectivity index (χ0n) is 9.01. The molecule has 1 atom stereocenters. The topological polar surface area (TPSA) is 54.7 Å². The van der Waals surface area contributed by atoms with Gasteiger partial charge in [-0.1, -0.05) is 20.3 Å². The van der Waals surface area contributed by atoms with E-state index in [0.717, 1.165) is 12.3 Å². The number of aromatic amines is 1. The van der Waals surface area contributed by atoms with Crippen LogP contribution in [0.5, 0.6) is 0 Å². The second-order valence-corrected chi connectivity index (χ2v) is 4.33. The van der Waals surface area contributed by atoms with Gasteiger partial charge in [-0.15, -0.1) is 0 Å². The van der Waals surface area contributed by atoms with Gasteiger partial charge in [0.15, 0.2) is 0 Å². The van der Waals surface area contributed by atoms with Crippen molar-refractivity contribution in [1.29, 1.82) is 0 Å². The summed E-state index contributed by atoms with van der Waals surface area (Å²) in [7, 11) is 0. The van der Waals surface area contributed by atoms with Crippen LogP contribution in [-0.2, 0) is 6.42 Å². The van der Waals surface area contributed by atoms with E-state index in [-0.39, 0.29) is 0 Å². The maximum Gasteiger partial charge on any atom is 0.148 e. The molecule has 2 rings (SSSR count). The third-order valence-electron chi connectivity index (χ3n) is 3.60. The van der Waals surface area contributed by atoms with Gasteiger partial charge in [0.25, 0.3) is 0 Å². The molecule has 3 N–H and O–H groups in total. The van der Waals surface area contributed by atoms with E-state index in [9.17, 15) is 0 Å². The van der Waals surface area contributed by atoms with Gasteiger partial charge in [-0.2, -0.15) is 5.10 Å². The largest absolute Gasteiger partial charge is 0.382 e. The Morgan fingerprint density at radius 3 is 2.79 bits per heavy atom. The Balaban J connectivity index is 2.21. The Labute approximate surface area is 85.1 Å². The van der Waals surface area contributed by atoms with Crippen molar-refractivity contribution >= 4 is 5.82 Å². The molecule has 0 saturated heterocycles. The van der Waals surface area contributed by atoms with E-state index >= 15 is 0 Å². The van der Waals surface area contributed by atoms with Crippen LogP contribution in [0.1, 0.15) is 50.3 Å². The number of nitrogens with two attached hydrogens (primary N) is 1. The van der Waals surface area contributed by atoms with Crippen LogP contribution < -0.4 is 5.73 Å². The van der Waals surface area contributed by atoms with Gasteiger partial charge in [0, 0.05) is 17.2 Å².